The van der Waals surface area contributed by atoms with Crippen molar-refractivity contribution in [2.24, 2.45) is 5.92 Å². The molecule has 1 fully saturated rings. The van der Waals surface area contributed by atoms with E-state index >= 15 is 0 Å². The van der Waals surface area contributed by atoms with Crippen molar-refractivity contribution in [2.75, 3.05) is 23.3 Å². The highest BCUT2D eigenvalue weighted by atomic mass is 16.2. The summed E-state index contributed by atoms with van der Waals surface area (Å²) in [6, 6.07) is 14.2. The minimum atomic E-state index is -0.260. The SMILES string of the molecule is CC(C)NC(=O)Nc1ccc(N2CCC(Cc3ccccc3)CC2)nn1. The van der Waals surface area contributed by atoms with Crippen LogP contribution in [0.3, 0.4) is 0 Å². The Morgan fingerprint density at radius 3 is 2.46 bits per heavy atom. The highest BCUT2D eigenvalue weighted by Gasteiger charge is 2.20. The Kier molecular flexibility index (Phi) is 6.04. The molecule has 0 atom stereocenters. The zero-order valence-electron chi connectivity index (χ0n) is 15.5. The lowest BCUT2D eigenvalue weighted by Crippen LogP contribution is -2.35. The number of benzene rings is 1. The lowest BCUT2D eigenvalue weighted by molar-refractivity contribution is 0.250. The topological polar surface area (TPSA) is 70.2 Å². The smallest absolute Gasteiger partial charge is 0.320 e. The molecule has 3 rings (SSSR count). The molecule has 2 heterocycles. The van der Waals surface area contributed by atoms with Gasteiger partial charge < -0.3 is 10.2 Å². The molecule has 6 nitrogen and oxygen atoms in total. The van der Waals surface area contributed by atoms with Crippen molar-refractivity contribution in [3.8, 4) is 0 Å². The average Bonchev–Trinajstić information content (AvgIpc) is 2.63. The lowest BCUT2D eigenvalue weighted by atomic mass is 9.90. The van der Waals surface area contributed by atoms with Crippen LogP contribution in [0.4, 0.5) is 16.4 Å². The maximum Gasteiger partial charge on any atom is 0.320 e. The summed E-state index contributed by atoms with van der Waals surface area (Å²) < 4.78 is 0. The predicted octanol–water partition coefficient (Wildman–Crippen LogP) is 3.47. The van der Waals surface area contributed by atoms with Crippen molar-refractivity contribution in [3.05, 3.63) is 48.0 Å². The molecular formula is C20H27N5O. The van der Waals surface area contributed by atoms with Crippen molar-refractivity contribution < 1.29 is 4.79 Å². The van der Waals surface area contributed by atoms with E-state index in [0.717, 1.165) is 44.1 Å². The van der Waals surface area contributed by atoms with Crippen molar-refractivity contribution in [1.29, 1.82) is 0 Å². The van der Waals surface area contributed by atoms with Gasteiger partial charge in [-0.05, 0) is 56.7 Å². The number of hydrogen-bond donors (Lipinski definition) is 2. The molecule has 6 heteroatoms. The third-order valence-corrected chi connectivity index (χ3v) is 4.62. The maximum absolute atomic E-state index is 11.7. The first-order valence-corrected chi connectivity index (χ1v) is 9.30. The van der Waals surface area contributed by atoms with E-state index in [-0.39, 0.29) is 12.1 Å². The number of nitrogens with zero attached hydrogens (tertiary/aromatic N) is 3. The Balaban J connectivity index is 1.49. The third kappa shape index (κ3) is 5.18. The van der Waals surface area contributed by atoms with Gasteiger partial charge in [0.1, 0.15) is 0 Å². The normalized spacial score (nSPS) is 15.1. The summed E-state index contributed by atoms with van der Waals surface area (Å²) in [6.45, 7) is 5.81. The highest BCUT2D eigenvalue weighted by molar-refractivity contribution is 5.88. The summed E-state index contributed by atoms with van der Waals surface area (Å²) in [5.74, 6) is 2.06. The highest BCUT2D eigenvalue weighted by Crippen LogP contribution is 2.24. The molecule has 0 spiro atoms. The summed E-state index contributed by atoms with van der Waals surface area (Å²) in [5, 5.41) is 13.9. The molecule has 1 aliphatic heterocycles. The summed E-state index contributed by atoms with van der Waals surface area (Å²) in [7, 11) is 0. The van der Waals surface area contributed by atoms with Gasteiger partial charge in [-0.3, -0.25) is 5.32 Å². The Morgan fingerprint density at radius 1 is 1.12 bits per heavy atom. The second-order valence-electron chi connectivity index (χ2n) is 7.15. The number of aromatic nitrogens is 2. The van der Waals surface area contributed by atoms with Crippen molar-refractivity contribution in [2.45, 2.75) is 39.2 Å². The maximum atomic E-state index is 11.7. The number of piperidine rings is 1. The fraction of sp³-hybridized carbons (Fsp3) is 0.450. The Morgan fingerprint density at radius 2 is 1.85 bits per heavy atom. The van der Waals surface area contributed by atoms with Gasteiger partial charge in [0.25, 0.3) is 0 Å². The number of rotatable bonds is 5. The van der Waals surface area contributed by atoms with Gasteiger partial charge >= 0.3 is 6.03 Å². The van der Waals surface area contributed by atoms with Gasteiger partial charge in [-0.15, -0.1) is 10.2 Å². The number of carbonyl (C=O) groups excluding carboxylic acids is 1. The number of anilines is 2. The molecule has 0 radical (unpaired) electrons. The van der Waals surface area contributed by atoms with Crippen LogP contribution in [0.2, 0.25) is 0 Å². The molecule has 0 bridgehead atoms. The van der Waals surface area contributed by atoms with E-state index in [0.29, 0.717) is 5.82 Å². The number of urea groups is 1. The third-order valence-electron chi connectivity index (χ3n) is 4.62. The molecule has 0 aliphatic carbocycles. The van der Waals surface area contributed by atoms with Gasteiger partial charge in [-0.2, -0.15) is 0 Å². The Hall–Kier alpha value is -2.63. The summed E-state index contributed by atoms with van der Waals surface area (Å²) in [4.78, 5) is 14.0. The quantitative estimate of drug-likeness (QED) is 0.863. The molecule has 2 amide bonds. The van der Waals surface area contributed by atoms with E-state index in [2.05, 4.69) is 56.1 Å². The molecule has 138 valence electrons. The standard InChI is InChI=1S/C20H27N5O/c1-15(2)21-20(26)22-18-8-9-19(24-23-18)25-12-10-17(11-13-25)14-16-6-4-3-5-7-16/h3-9,15,17H,10-14H2,1-2H3,(H2,21,22,23,26). The first-order valence-electron chi connectivity index (χ1n) is 9.30. The zero-order valence-corrected chi connectivity index (χ0v) is 15.5. The van der Waals surface area contributed by atoms with Crippen LogP contribution in [0.1, 0.15) is 32.3 Å². The van der Waals surface area contributed by atoms with Crippen LogP contribution >= 0.6 is 0 Å². The largest absolute Gasteiger partial charge is 0.355 e. The minimum Gasteiger partial charge on any atom is -0.355 e. The minimum absolute atomic E-state index is 0.0828. The van der Waals surface area contributed by atoms with Crippen molar-refractivity contribution in [3.63, 3.8) is 0 Å². The summed E-state index contributed by atoms with van der Waals surface area (Å²) in [6.07, 6.45) is 3.47. The van der Waals surface area contributed by atoms with Crippen LogP contribution in [-0.2, 0) is 6.42 Å². The molecule has 26 heavy (non-hydrogen) atoms. The molecule has 1 saturated heterocycles. The van der Waals surface area contributed by atoms with E-state index in [1.165, 1.54) is 5.56 Å². The predicted molar refractivity (Wildman–Crippen MR) is 104 cm³/mol. The Bertz CT molecular complexity index is 694. The Labute approximate surface area is 155 Å². The van der Waals surface area contributed by atoms with Gasteiger partial charge in [0, 0.05) is 19.1 Å². The first-order chi connectivity index (χ1) is 12.6. The molecule has 0 unspecified atom stereocenters. The van der Waals surface area contributed by atoms with Crippen LogP contribution in [0.5, 0.6) is 0 Å². The monoisotopic (exact) mass is 353 g/mol. The average molecular weight is 353 g/mol. The van der Waals surface area contributed by atoms with E-state index in [4.69, 9.17) is 0 Å². The van der Waals surface area contributed by atoms with Crippen LogP contribution in [-0.4, -0.2) is 35.4 Å². The second kappa shape index (κ2) is 8.65. The fourth-order valence-corrected chi connectivity index (χ4v) is 3.29. The molecule has 2 aromatic rings. The number of nitrogens with one attached hydrogen (secondary N) is 2. The van der Waals surface area contributed by atoms with Gasteiger partial charge in [0.05, 0.1) is 0 Å². The molecular weight excluding hydrogens is 326 g/mol. The molecule has 1 aromatic carbocycles. The van der Waals surface area contributed by atoms with Crippen LogP contribution < -0.4 is 15.5 Å². The van der Waals surface area contributed by atoms with Gasteiger partial charge in [-0.25, -0.2) is 4.79 Å². The second-order valence-corrected chi connectivity index (χ2v) is 7.15. The first kappa shape index (κ1) is 18.2. The number of carbonyl (C=O) groups is 1. The lowest BCUT2D eigenvalue weighted by Gasteiger charge is -2.32. The van der Waals surface area contributed by atoms with Crippen molar-refractivity contribution >= 4 is 17.7 Å². The van der Waals surface area contributed by atoms with Gasteiger partial charge in [0.15, 0.2) is 11.6 Å². The van der Waals surface area contributed by atoms with Crippen LogP contribution in [0.15, 0.2) is 42.5 Å². The molecule has 2 N–H and O–H groups in total. The molecule has 0 saturated carbocycles. The van der Waals surface area contributed by atoms with Crippen molar-refractivity contribution in [1.82, 2.24) is 15.5 Å². The summed E-state index contributed by atoms with van der Waals surface area (Å²) in [5.41, 5.74) is 1.42. The van der Waals surface area contributed by atoms with E-state index < -0.39 is 0 Å². The zero-order chi connectivity index (χ0) is 18.4. The van der Waals surface area contributed by atoms with E-state index in [1.807, 2.05) is 19.9 Å². The molecule has 1 aliphatic rings. The van der Waals surface area contributed by atoms with Crippen LogP contribution in [0.25, 0.3) is 0 Å². The number of hydrogen-bond acceptors (Lipinski definition) is 4. The summed E-state index contributed by atoms with van der Waals surface area (Å²) >= 11 is 0. The van der Waals surface area contributed by atoms with Gasteiger partial charge in [0.2, 0.25) is 0 Å². The number of amides is 2. The van der Waals surface area contributed by atoms with Crippen LogP contribution in [0, 0.1) is 5.92 Å². The van der Waals surface area contributed by atoms with E-state index in [1.54, 1.807) is 6.07 Å². The van der Waals surface area contributed by atoms with E-state index in [9.17, 15) is 4.79 Å². The van der Waals surface area contributed by atoms with Gasteiger partial charge in [-0.1, -0.05) is 30.3 Å². The fourth-order valence-electron chi connectivity index (χ4n) is 3.29. The molecule has 1 aromatic heterocycles.